The predicted octanol–water partition coefficient (Wildman–Crippen LogP) is -1.41. The van der Waals surface area contributed by atoms with Crippen molar-refractivity contribution in [3.8, 4) is 0 Å². The van der Waals surface area contributed by atoms with Crippen molar-refractivity contribution in [2.24, 2.45) is 0 Å². The van der Waals surface area contributed by atoms with E-state index in [1.54, 1.807) is 0 Å². The Bertz CT molecular complexity index is 589. The van der Waals surface area contributed by atoms with Gasteiger partial charge in [0.15, 0.2) is 23.9 Å². The van der Waals surface area contributed by atoms with Gasteiger partial charge in [0, 0.05) is 34.6 Å². The van der Waals surface area contributed by atoms with Gasteiger partial charge in [-0.1, -0.05) is 0 Å². The fourth-order valence-corrected chi connectivity index (χ4v) is 2.92. The monoisotopic (exact) mass is 389 g/mol. The Morgan fingerprint density at radius 1 is 0.815 bits per heavy atom. The Morgan fingerprint density at radius 3 is 1.70 bits per heavy atom. The molecule has 1 aliphatic rings. The van der Waals surface area contributed by atoms with Crippen LogP contribution >= 0.6 is 0 Å². The Kier molecular flexibility index (Phi) is 7.28. The number of nitrogens with one attached hydrogen (secondary N) is 1. The molecule has 0 bridgehead atoms. The van der Waals surface area contributed by atoms with Crippen molar-refractivity contribution in [2.75, 3.05) is 6.61 Å². The molecule has 0 saturated heterocycles. The number of esters is 4. The van der Waals surface area contributed by atoms with Gasteiger partial charge in [-0.25, -0.2) is 0 Å². The first-order chi connectivity index (χ1) is 12.4. The van der Waals surface area contributed by atoms with Crippen molar-refractivity contribution in [1.29, 1.82) is 0 Å². The highest BCUT2D eigenvalue weighted by Gasteiger charge is 2.66. The number of hydrogen-bond acceptors (Lipinski definition) is 10. The first-order valence-electron chi connectivity index (χ1n) is 8.03. The molecule has 0 heterocycles. The summed E-state index contributed by atoms with van der Waals surface area (Å²) in [5, 5.41) is 13.6. The highest BCUT2D eigenvalue weighted by atomic mass is 16.6. The maximum Gasteiger partial charge on any atom is 0.303 e. The number of amides is 1. The summed E-state index contributed by atoms with van der Waals surface area (Å²) in [6, 6.07) is -1.40. The summed E-state index contributed by atoms with van der Waals surface area (Å²) in [4.78, 5) is 57.4. The first-order valence-corrected chi connectivity index (χ1v) is 8.03. The lowest BCUT2D eigenvalue weighted by molar-refractivity contribution is -0.189. The molecule has 1 amide bonds. The van der Waals surface area contributed by atoms with Gasteiger partial charge in [-0.3, -0.25) is 24.0 Å². The minimum absolute atomic E-state index is 0.622. The summed E-state index contributed by atoms with van der Waals surface area (Å²) in [7, 11) is 0. The van der Waals surface area contributed by atoms with Crippen molar-refractivity contribution >= 4 is 29.8 Å². The van der Waals surface area contributed by atoms with Crippen LogP contribution in [0.1, 0.15) is 34.6 Å². The molecule has 0 aromatic heterocycles. The molecule has 0 unspecified atom stereocenters. The third-order valence-electron chi connectivity index (χ3n) is 3.74. The van der Waals surface area contributed by atoms with Crippen molar-refractivity contribution in [2.45, 2.75) is 64.6 Å². The second-order valence-electron chi connectivity index (χ2n) is 6.13. The summed E-state index contributed by atoms with van der Waals surface area (Å²) in [6.45, 7) is 4.67. The van der Waals surface area contributed by atoms with Gasteiger partial charge < -0.3 is 29.4 Å². The van der Waals surface area contributed by atoms with E-state index >= 15 is 0 Å². The van der Waals surface area contributed by atoms with Crippen LogP contribution in [0.5, 0.6) is 0 Å². The van der Waals surface area contributed by atoms with E-state index in [1.165, 1.54) is 0 Å². The first kappa shape index (κ1) is 22.4. The molecule has 0 aliphatic heterocycles. The molecule has 0 spiro atoms. The molecular weight excluding hydrogens is 366 g/mol. The zero-order chi connectivity index (χ0) is 20.9. The summed E-state index contributed by atoms with van der Waals surface area (Å²) in [5.74, 6) is -3.84. The number of hydrogen-bond donors (Lipinski definition) is 2. The van der Waals surface area contributed by atoms with Crippen LogP contribution in [0.2, 0.25) is 0 Å². The second kappa shape index (κ2) is 8.80. The van der Waals surface area contributed by atoms with Gasteiger partial charge >= 0.3 is 23.9 Å². The van der Waals surface area contributed by atoms with Crippen molar-refractivity contribution in [3.05, 3.63) is 0 Å². The van der Waals surface area contributed by atoms with Gasteiger partial charge in [0.1, 0.15) is 12.6 Å². The normalized spacial score (nSPS) is 29.4. The summed E-state index contributed by atoms with van der Waals surface area (Å²) < 4.78 is 20.2. The number of rotatable bonds is 6. The average molecular weight is 389 g/mol. The lowest BCUT2D eigenvalue weighted by Gasteiger charge is -2.34. The van der Waals surface area contributed by atoms with Gasteiger partial charge in [-0.15, -0.1) is 0 Å². The Labute approximate surface area is 155 Å². The van der Waals surface area contributed by atoms with E-state index in [9.17, 15) is 29.1 Å². The number of aliphatic hydroxyl groups is 1. The lowest BCUT2D eigenvalue weighted by Crippen LogP contribution is -2.60. The highest BCUT2D eigenvalue weighted by Crippen LogP contribution is 2.38. The molecule has 1 aliphatic carbocycles. The average Bonchev–Trinajstić information content (AvgIpc) is 2.67. The molecule has 1 rings (SSSR count). The number of ether oxygens (including phenoxy) is 4. The zero-order valence-corrected chi connectivity index (χ0v) is 15.6. The Hall–Kier alpha value is -2.69. The third kappa shape index (κ3) is 5.64. The molecule has 11 heteroatoms. The maximum absolute atomic E-state index is 11.6. The molecular formula is C16H23NO10. The van der Waals surface area contributed by atoms with E-state index in [4.69, 9.17) is 18.9 Å². The Morgan fingerprint density at radius 2 is 1.30 bits per heavy atom. The fourth-order valence-electron chi connectivity index (χ4n) is 2.92. The molecule has 1 saturated carbocycles. The van der Waals surface area contributed by atoms with Gasteiger partial charge in [0.2, 0.25) is 5.91 Å². The van der Waals surface area contributed by atoms with Gasteiger partial charge in [0.05, 0.1) is 0 Å². The van der Waals surface area contributed by atoms with Crippen LogP contribution in [0.4, 0.5) is 0 Å². The maximum atomic E-state index is 11.6. The topological polar surface area (TPSA) is 155 Å². The fraction of sp³-hybridized carbons (Fsp3) is 0.688. The predicted molar refractivity (Wildman–Crippen MR) is 85.8 cm³/mol. The van der Waals surface area contributed by atoms with Crippen molar-refractivity contribution < 1.29 is 48.0 Å². The molecule has 1 fully saturated rings. The quantitative estimate of drug-likeness (QED) is 0.409. The van der Waals surface area contributed by atoms with E-state index in [1.807, 2.05) is 0 Å². The molecule has 2 N–H and O–H groups in total. The summed E-state index contributed by atoms with van der Waals surface area (Å²) >= 11 is 0. The van der Waals surface area contributed by atoms with E-state index in [2.05, 4.69) is 5.32 Å². The minimum Gasteiger partial charge on any atom is -0.463 e. The number of carbonyl (C=O) groups excluding carboxylic acids is 5. The highest BCUT2D eigenvalue weighted by molar-refractivity contribution is 5.74. The van der Waals surface area contributed by atoms with Crippen LogP contribution in [0.3, 0.4) is 0 Å². The van der Waals surface area contributed by atoms with Crippen molar-refractivity contribution in [3.63, 3.8) is 0 Å². The largest absolute Gasteiger partial charge is 0.463 e. The SMILES string of the molecule is CC(=O)N[C@@H]1[C@@H](OC(C)=O)[C@@H](OC(C)=O)[C@@H](OC(C)=O)[C@@]1(O)COC(C)=O. The van der Waals surface area contributed by atoms with E-state index < -0.39 is 66.3 Å². The standard InChI is InChI=1S/C16H23NO10/c1-7(18)17-14-12(25-9(3)20)13(26-10(4)21)15(27-11(5)22)16(14,23)6-24-8(2)19/h12-15,23H,6H2,1-5H3,(H,17,18)/t12-,13+,14+,15+,16+/m0/s1. The van der Waals surface area contributed by atoms with E-state index in [-0.39, 0.29) is 0 Å². The van der Waals surface area contributed by atoms with Crippen LogP contribution < -0.4 is 5.32 Å². The molecule has 0 aromatic carbocycles. The third-order valence-corrected chi connectivity index (χ3v) is 3.74. The molecule has 152 valence electrons. The molecule has 5 atom stereocenters. The van der Waals surface area contributed by atoms with Gasteiger partial charge in [-0.05, 0) is 0 Å². The molecule has 11 nitrogen and oxygen atoms in total. The van der Waals surface area contributed by atoms with Crippen LogP contribution in [-0.2, 0) is 42.9 Å². The lowest BCUT2D eigenvalue weighted by atomic mass is 9.95. The molecule has 27 heavy (non-hydrogen) atoms. The summed E-state index contributed by atoms with van der Waals surface area (Å²) in [6.07, 6.45) is -4.44. The van der Waals surface area contributed by atoms with Crippen LogP contribution in [-0.4, -0.2) is 71.5 Å². The van der Waals surface area contributed by atoms with Crippen molar-refractivity contribution in [1.82, 2.24) is 5.32 Å². The van der Waals surface area contributed by atoms with Crippen LogP contribution in [0, 0.1) is 0 Å². The smallest absolute Gasteiger partial charge is 0.303 e. The zero-order valence-electron chi connectivity index (χ0n) is 15.6. The Balaban J connectivity index is 3.48. The van der Waals surface area contributed by atoms with Gasteiger partial charge in [0.25, 0.3) is 0 Å². The minimum atomic E-state index is -2.23. The number of carbonyl (C=O) groups is 5. The summed E-state index contributed by atoms with van der Waals surface area (Å²) in [5.41, 5.74) is -2.23. The molecule has 0 radical (unpaired) electrons. The second-order valence-corrected chi connectivity index (χ2v) is 6.13. The van der Waals surface area contributed by atoms with Crippen LogP contribution in [0.25, 0.3) is 0 Å². The van der Waals surface area contributed by atoms with Gasteiger partial charge in [-0.2, -0.15) is 0 Å². The molecule has 0 aromatic rings. The van der Waals surface area contributed by atoms with E-state index in [0.717, 1.165) is 34.6 Å². The van der Waals surface area contributed by atoms with E-state index in [0.29, 0.717) is 0 Å². The van der Waals surface area contributed by atoms with Crippen LogP contribution in [0.15, 0.2) is 0 Å².